The fourth-order valence-electron chi connectivity index (χ4n) is 3.72. The molecule has 4 rings (SSSR count). The number of nitrogens with zero attached hydrogens (tertiary/aromatic N) is 2. The van der Waals surface area contributed by atoms with Gasteiger partial charge in [-0.3, -0.25) is 0 Å². The fraction of sp³-hybridized carbons (Fsp3) is 0.650. The third kappa shape index (κ3) is 3.16. The predicted molar refractivity (Wildman–Crippen MR) is 105 cm³/mol. The van der Waals surface area contributed by atoms with Crippen molar-refractivity contribution >= 4 is 23.5 Å². The van der Waals surface area contributed by atoms with Crippen LogP contribution in [0.5, 0.6) is 5.75 Å². The Morgan fingerprint density at radius 1 is 1.19 bits per heavy atom. The molecule has 2 aromatic rings. The Balaban J connectivity index is 1.75. The number of benzene rings is 1. The molecule has 0 aliphatic carbocycles. The van der Waals surface area contributed by atoms with Crippen molar-refractivity contribution in [3.8, 4) is 5.75 Å². The minimum atomic E-state index is -0.463. The maximum atomic E-state index is 6.26. The van der Waals surface area contributed by atoms with Crippen molar-refractivity contribution in [3.05, 3.63) is 18.3 Å². The van der Waals surface area contributed by atoms with Crippen molar-refractivity contribution in [1.29, 1.82) is 0 Å². The first-order chi connectivity index (χ1) is 12.8. The SMILES string of the molecule is CCOc1c(B2OC(C)(C)C(C)(C)O2)ccc2c1cnn2C1CCCCO1. The molecule has 0 saturated carbocycles. The van der Waals surface area contributed by atoms with Crippen LogP contribution in [0.15, 0.2) is 18.3 Å². The van der Waals surface area contributed by atoms with Gasteiger partial charge in [0, 0.05) is 12.1 Å². The van der Waals surface area contributed by atoms with E-state index in [4.69, 9.17) is 18.8 Å². The smallest absolute Gasteiger partial charge is 0.493 e. The van der Waals surface area contributed by atoms with E-state index in [2.05, 4.69) is 38.9 Å². The van der Waals surface area contributed by atoms with E-state index in [0.29, 0.717) is 6.61 Å². The van der Waals surface area contributed by atoms with Crippen LogP contribution in [0.4, 0.5) is 0 Å². The van der Waals surface area contributed by atoms with E-state index < -0.39 is 18.3 Å². The average molecular weight is 372 g/mol. The monoisotopic (exact) mass is 372 g/mol. The standard InChI is InChI=1S/C20H29BN2O4/c1-6-24-18-14-13-22-23(17-9-7-8-12-25-17)16(14)11-10-15(18)21-26-19(2,3)20(4,5)27-21/h10-11,13,17H,6-9,12H2,1-5H3. The first kappa shape index (κ1) is 18.8. The van der Waals surface area contributed by atoms with Crippen LogP contribution in [-0.4, -0.2) is 41.3 Å². The summed E-state index contributed by atoms with van der Waals surface area (Å²) in [5, 5.41) is 5.59. The number of fused-ring (bicyclic) bond motifs is 1. The minimum Gasteiger partial charge on any atom is -0.493 e. The van der Waals surface area contributed by atoms with Crippen LogP contribution < -0.4 is 10.2 Å². The first-order valence-corrected chi connectivity index (χ1v) is 9.94. The van der Waals surface area contributed by atoms with E-state index >= 15 is 0 Å². The maximum Gasteiger partial charge on any atom is 0.498 e. The first-order valence-electron chi connectivity index (χ1n) is 9.94. The summed E-state index contributed by atoms with van der Waals surface area (Å²) in [6.45, 7) is 11.6. The molecule has 146 valence electrons. The van der Waals surface area contributed by atoms with Gasteiger partial charge in [0.2, 0.25) is 0 Å². The molecular weight excluding hydrogens is 343 g/mol. The van der Waals surface area contributed by atoms with Crippen LogP contribution in [0, 0.1) is 0 Å². The lowest BCUT2D eigenvalue weighted by Gasteiger charge is -2.32. The second-order valence-electron chi connectivity index (χ2n) is 8.35. The van der Waals surface area contributed by atoms with E-state index in [-0.39, 0.29) is 6.23 Å². The lowest BCUT2D eigenvalue weighted by molar-refractivity contribution is -0.0366. The van der Waals surface area contributed by atoms with Crippen LogP contribution >= 0.6 is 0 Å². The van der Waals surface area contributed by atoms with Gasteiger partial charge in [0.1, 0.15) is 5.75 Å². The summed E-state index contributed by atoms with van der Waals surface area (Å²) in [5.41, 5.74) is 1.14. The Morgan fingerprint density at radius 3 is 2.56 bits per heavy atom. The molecule has 7 heteroatoms. The molecule has 0 N–H and O–H groups in total. The molecule has 0 spiro atoms. The van der Waals surface area contributed by atoms with Gasteiger partial charge < -0.3 is 18.8 Å². The van der Waals surface area contributed by atoms with Crippen molar-refractivity contribution in [2.24, 2.45) is 0 Å². The zero-order valence-corrected chi connectivity index (χ0v) is 16.9. The molecule has 0 bridgehead atoms. The van der Waals surface area contributed by atoms with E-state index in [9.17, 15) is 0 Å². The van der Waals surface area contributed by atoms with Gasteiger partial charge in [-0.1, -0.05) is 6.07 Å². The van der Waals surface area contributed by atoms with Gasteiger partial charge in [-0.05, 0) is 59.9 Å². The van der Waals surface area contributed by atoms with Crippen LogP contribution in [0.1, 0.15) is 60.1 Å². The normalized spacial score (nSPS) is 24.5. The van der Waals surface area contributed by atoms with Gasteiger partial charge in [-0.25, -0.2) is 4.68 Å². The Kier molecular flexibility index (Phi) is 4.73. The van der Waals surface area contributed by atoms with Crippen molar-refractivity contribution in [1.82, 2.24) is 9.78 Å². The molecule has 3 heterocycles. The topological polar surface area (TPSA) is 54.7 Å². The van der Waals surface area contributed by atoms with Gasteiger partial charge in [-0.2, -0.15) is 5.10 Å². The fourth-order valence-corrected chi connectivity index (χ4v) is 3.72. The van der Waals surface area contributed by atoms with Gasteiger partial charge >= 0.3 is 7.12 Å². The molecule has 1 unspecified atom stereocenters. The van der Waals surface area contributed by atoms with Crippen molar-refractivity contribution in [3.63, 3.8) is 0 Å². The van der Waals surface area contributed by atoms with Crippen LogP contribution in [0.2, 0.25) is 0 Å². The molecule has 1 atom stereocenters. The van der Waals surface area contributed by atoms with Crippen LogP contribution in [-0.2, 0) is 14.0 Å². The number of hydrogen-bond donors (Lipinski definition) is 0. The second kappa shape index (κ2) is 6.80. The minimum absolute atomic E-state index is 0.00609. The summed E-state index contributed by atoms with van der Waals surface area (Å²) in [4.78, 5) is 0. The van der Waals surface area contributed by atoms with Gasteiger partial charge in [0.25, 0.3) is 0 Å². The highest BCUT2D eigenvalue weighted by atomic mass is 16.7. The highest BCUT2D eigenvalue weighted by Crippen LogP contribution is 2.38. The average Bonchev–Trinajstić information content (AvgIpc) is 3.14. The van der Waals surface area contributed by atoms with E-state index in [1.54, 1.807) is 0 Å². The quantitative estimate of drug-likeness (QED) is 0.770. The summed E-state index contributed by atoms with van der Waals surface area (Å²) < 4.78 is 26.5. The lowest BCUT2D eigenvalue weighted by atomic mass is 9.77. The number of hydrogen-bond acceptors (Lipinski definition) is 5. The number of ether oxygens (including phenoxy) is 2. The molecule has 0 amide bonds. The number of aromatic nitrogens is 2. The van der Waals surface area contributed by atoms with Gasteiger partial charge in [-0.15, -0.1) is 0 Å². The van der Waals surface area contributed by atoms with E-state index in [0.717, 1.165) is 48.0 Å². The molecule has 27 heavy (non-hydrogen) atoms. The summed E-state index contributed by atoms with van der Waals surface area (Å²) >= 11 is 0. The zero-order chi connectivity index (χ0) is 19.2. The second-order valence-corrected chi connectivity index (χ2v) is 8.35. The summed E-state index contributed by atoms with van der Waals surface area (Å²) in [6, 6.07) is 4.11. The largest absolute Gasteiger partial charge is 0.498 e. The van der Waals surface area contributed by atoms with Crippen molar-refractivity contribution in [2.45, 2.75) is 71.3 Å². The molecule has 2 aliphatic rings. The Hall–Kier alpha value is -1.57. The predicted octanol–water partition coefficient (Wildman–Crippen LogP) is 3.43. The highest BCUT2D eigenvalue weighted by Gasteiger charge is 2.52. The molecule has 1 aromatic heterocycles. The lowest BCUT2D eigenvalue weighted by Crippen LogP contribution is -2.41. The van der Waals surface area contributed by atoms with E-state index in [1.165, 1.54) is 0 Å². The molecule has 6 nitrogen and oxygen atoms in total. The number of rotatable bonds is 4. The van der Waals surface area contributed by atoms with Crippen molar-refractivity contribution in [2.75, 3.05) is 13.2 Å². The Morgan fingerprint density at radius 2 is 1.93 bits per heavy atom. The van der Waals surface area contributed by atoms with Crippen LogP contribution in [0.25, 0.3) is 10.9 Å². The van der Waals surface area contributed by atoms with Gasteiger partial charge in [0.15, 0.2) is 6.23 Å². The van der Waals surface area contributed by atoms with E-state index in [1.807, 2.05) is 23.9 Å². The molecule has 1 aromatic carbocycles. The molecular formula is C20H29BN2O4. The molecule has 0 radical (unpaired) electrons. The molecule has 2 fully saturated rings. The zero-order valence-electron chi connectivity index (χ0n) is 16.9. The summed E-state index contributed by atoms with van der Waals surface area (Å²) in [7, 11) is -0.463. The maximum absolute atomic E-state index is 6.26. The molecule has 2 aliphatic heterocycles. The molecule has 2 saturated heterocycles. The third-order valence-corrected chi connectivity index (χ3v) is 5.99. The summed E-state index contributed by atoms with van der Waals surface area (Å²) in [5.74, 6) is 0.788. The summed E-state index contributed by atoms with van der Waals surface area (Å²) in [6.07, 6.45) is 5.13. The Labute approximate surface area is 161 Å². The Bertz CT molecular complexity index is 811. The highest BCUT2D eigenvalue weighted by molar-refractivity contribution is 6.63. The third-order valence-electron chi connectivity index (χ3n) is 5.99. The van der Waals surface area contributed by atoms with Gasteiger partial charge in [0.05, 0.1) is 34.9 Å². The van der Waals surface area contributed by atoms with Crippen molar-refractivity contribution < 1.29 is 18.8 Å². The van der Waals surface area contributed by atoms with Crippen LogP contribution in [0.3, 0.4) is 0 Å².